The Morgan fingerprint density at radius 2 is 2.11 bits per heavy atom. The van der Waals surface area contributed by atoms with Gasteiger partial charge in [-0.2, -0.15) is 0 Å². The standard InChI is InChI=1S/C14H17N3OS/c1-10-7-11(2)16-13(8-10)19-6-5-17-9-12(15)3-4-14(17)18/h3-4,7-9H,5-6,15H2,1-2H3. The summed E-state index contributed by atoms with van der Waals surface area (Å²) < 4.78 is 1.63. The molecule has 0 saturated carbocycles. The Morgan fingerprint density at radius 3 is 2.84 bits per heavy atom. The van der Waals surface area contributed by atoms with Gasteiger partial charge in [0, 0.05) is 35.9 Å². The zero-order valence-electron chi connectivity index (χ0n) is 11.1. The molecule has 0 aliphatic rings. The van der Waals surface area contributed by atoms with Crippen LogP contribution < -0.4 is 11.3 Å². The number of aryl methyl sites for hydroxylation is 3. The van der Waals surface area contributed by atoms with E-state index in [1.807, 2.05) is 13.0 Å². The van der Waals surface area contributed by atoms with Crippen molar-refractivity contribution in [3.8, 4) is 0 Å². The topological polar surface area (TPSA) is 60.9 Å². The van der Waals surface area contributed by atoms with Gasteiger partial charge >= 0.3 is 0 Å². The minimum Gasteiger partial charge on any atom is -0.398 e. The van der Waals surface area contributed by atoms with Crippen LogP contribution in [-0.2, 0) is 6.54 Å². The zero-order valence-corrected chi connectivity index (χ0v) is 11.9. The molecule has 0 bridgehead atoms. The van der Waals surface area contributed by atoms with Crippen LogP contribution in [-0.4, -0.2) is 15.3 Å². The van der Waals surface area contributed by atoms with Crippen molar-refractivity contribution < 1.29 is 0 Å². The summed E-state index contributed by atoms with van der Waals surface area (Å²) in [6, 6.07) is 7.22. The van der Waals surface area contributed by atoms with Crippen LogP contribution in [0.15, 0.2) is 40.3 Å². The van der Waals surface area contributed by atoms with E-state index in [0.717, 1.165) is 16.5 Å². The van der Waals surface area contributed by atoms with Crippen molar-refractivity contribution in [2.75, 3.05) is 11.5 Å². The third kappa shape index (κ3) is 3.86. The molecule has 0 aliphatic carbocycles. The van der Waals surface area contributed by atoms with Crippen molar-refractivity contribution in [2.24, 2.45) is 0 Å². The van der Waals surface area contributed by atoms with Crippen molar-refractivity contribution in [2.45, 2.75) is 25.4 Å². The quantitative estimate of drug-likeness (QED) is 0.869. The van der Waals surface area contributed by atoms with E-state index in [1.54, 1.807) is 28.6 Å². The van der Waals surface area contributed by atoms with Gasteiger partial charge in [-0.25, -0.2) is 4.98 Å². The fourth-order valence-electron chi connectivity index (χ4n) is 1.85. The van der Waals surface area contributed by atoms with E-state index in [1.165, 1.54) is 11.6 Å². The molecule has 2 N–H and O–H groups in total. The average molecular weight is 275 g/mol. The summed E-state index contributed by atoms with van der Waals surface area (Å²) in [5.41, 5.74) is 8.47. The minimum absolute atomic E-state index is 0.0248. The van der Waals surface area contributed by atoms with Crippen molar-refractivity contribution in [1.82, 2.24) is 9.55 Å². The largest absolute Gasteiger partial charge is 0.398 e. The Hall–Kier alpha value is -1.75. The van der Waals surface area contributed by atoms with E-state index in [-0.39, 0.29) is 5.56 Å². The average Bonchev–Trinajstić information content (AvgIpc) is 2.32. The molecule has 0 fully saturated rings. The molecule has 2 aromatic heterocycles. The van der Waals surface area contributed by atoms with Gasteiger partial charge in [-0.3, -0.25) is 4.79 Å². The third-order valence-corrected chi connectivity index (χ3v) is 3.55. The molecular weight excluding hydrogens is 258 g/mol. The van der Waals surface area contributed by atoms with Crippen LogP contribution >= 0.6 is 11.8 Å². The number of aromatic nitrogens is 2. The van der Waals surface area contributed by atoms with E-state index in [4.69, 9.17) is 5.73 Å². The molecule has 0 atom stereocenters. The molecule has 2 heterocycles. The highest BCUT2D eigenvalue weighted by molar-refractivity contribution is 7.99. The normalized spacial score (nSPS) is 10.6. The summed E-state index contributed by atoms with van der Waals surface area (Å²) in [5, 5.41) is 0.995. The molecule has 4 nitrogen and oxygen atoms in total. The number of nitrogens with two attached hydrogens (primary N) is 1. The lowest BCUT2D eigenvalue weighted by Gasteiger charge is -2.07. The van der Waals surface area contributed by atoms with Crippen LogP contribution in [0.3, 0.4) is 0 Å². The Labute approximate surface area is 116 Å². The molecule has 0 saturated heterocycles. The van der Waals surface area contributed by atoms with Gasteiger partial charge in [0.15, 0.2) is 0 Å². The smallest absolute Gasteiger partial charge is 0.250 e. The maximum atomic E-state index is 11.6. The lowest BCUT2D eigenvalue weighted by molar-refractivity contribution is 0.736. The van der Waals surface area contributed by atoms with Gasteiger partial charge in [-0.1, -0.05) is 0 Å². The van der Waals surface area contributed by atoms with Gasteiger partial charge in [0.1, 0.15) is 0 Å². The van der Waals surface area contributed by atoms with E-state index >= 15 is 0 Å². The second-order valence-electron chi connectivity index (χ2n) is 4.47. The molecule has 19 heavy (non-hydrogen) atoms. The lowest BCUT2D eigenvalue weighted by atomic mass is 10.3. The molecule has 0 aromatic carbocycles. The van der Waals surface area contributed by atoms with Crippen molar-refractivity contribution >= 4 is 17.4 Å². The summed E-state index contributed by atoms with van der Waals surface area (Å²) in [5.74, 6) is 0.791. The molecule has 2 aromatic rings. The van der Waals surface area contributed by atoms with E-state index in [0.29, 0.717) is 12.2 Å². The highest BCUT2D eigenvalue weighted by Gasteiger charge is 2.01. The SMILES string of the molecule is Cc1cc(C)nc(SCCn2cc(N)ccc2=O)c1. The molecule has 2 rings (SSSR count). The number of anilines is 1. The first-order valence-electron chi connectivity index (χ1n) is 6.08. The minimum atomic E-state index is -0.0248. The predicted molar refractivity (Wildman–Crippen MR) is 79.5 cm³/mol. The first kappa shape index (κ1) is 13.7. The van der Waals surface area contributed by atoms with Crippen LogP contribution in [0.5, 0.6) is 0 Å². The molecular formula is C14H17N3OS. The number of nitrogens with zero attached hydrogens (tertiary/aromatic N) is 2. The monoisotopic (exact) mass is 275 g/mol. The van der Waals surface area contributed by atoms with Gasteiger partial charge in [-0.15, -0.1) is 11.8 Å². The van der Waals surface area contributed by atoms with Crippen molar-refractivity contribution in [3.05, 3.63) is 52.1 Å². The number of hydrogen-bond acceptors (Lipinski definition) is 4. The van der Waals surface area contributed by atoms with Gasteiger partial charge in [0.25, 0.3) is 5.56 Å². The summed E-state index contributed by atoms with van der Waals surface area (Å²) in [6.07, 6.45) is 1.68. The second-order valence-corrected chi connectivity index (χ2v) is 5.58. The van der Waals surface area contributed by atoms with Crippen LogP contribution in [0, 0.1) is 13.8 Å². The van der Waals surface area contributed by atoms with Crippen LogP contribution in [0.2, 0.25) is 0 Å². The summed E-state index contributed by atoms with van der Waals surface area (Å²) >= 11 is 1.65. The summed E-state index contributed by atoms with van der Waals surface area (Å²) in [6.45, 7) is 4.67. The van der Waals surface area contributed by atoms with Crippen LogP contribution in [0.1, 0.15) is 11.3 Å². The molecule has 0 spiro atoms. The first-order chi connectivity index (χ1) is 9.04. The third-order valence-electron chi connectivity index (χ3n) is 2.66. The number of pyridine rings is 2. The Kier molecular flexibility index (Phi) is 4.27. The van der Waals surface area contributed by atoms with E-state index in [2.05, 4.69) is 18.0 Å². The molecule has 0 aliphatic heterocycles. The highest BCUT2D eigenvalue weighted by atomic mass is 32.2. The van der Waals surface area contributed by atoms with Gasteiger partial charge in [-0.05, 0) is 37.6 Å². The Morgan fingerprint density at radius 1 is 1.32 bits per heavy atom. The van der Waals surface area contributed by atoms with Crippen LogP contribution in [0.25, 0.3) is 0 Å². The fourth-order valence-corrected chi connectivity index (χ4v) is 2.83. The summed E-state index contributed by atoms with van der Waals surface area (Å²) in [4.78, 5) is 16.1. The fraction of sp³-hybridized carbons (Fsp3) is 0.286. The number of hydrogen-bond donors (Lipinski definition) is 1. The molecule has 100 valence electrons. The Balaban J connectivity index is 2.00. The van der Waals surface area contributed by atoms with Gasteiger partial charge in [0.2, 0.25) is 0 Å². The molecule has 5 heteroatoms. The summed E-state index contributed by atoms with van der Waals surface area (Å²) in [7, 11) is 0. The zero-order chi connectivity index (χ0) is 13.8. The van der Waals surface area contributed by atoms with Crippen LogP contribution in [0.4, 0.5) is 5.69 Å². The van der Waals surface area contributed by atoms with E-state index < -0.39 is 0 Å². The van der Waals surface area contributed by atoms with E-state index in [9.17, 15) is 4.79 Å². The second kappa shape index (κ2) is 5.93. The maximum Gasteiger partial charge on any atom is 0.250 e. The highest BCUT2D eigenvalue weighted by Crippen LogP contribution is 2.17. The first-order valence-corrected chi connectivity index (χ1v) is 7.07. The number of rotatable bonds is 4. The number of nitrogen functional groups attached to an aromatic ring is 1. The number of thioether (sulfide) groups is 1. The maximum absolute atomic E-state index is 11.6. The lowest BCUT2D eigenvalue weighted by Crippen LogP contribution is -2.19. The molecule has 0 amide bonds. The predicted octanol–water partition coefficient (Wildman–Crippen LogP) is 2.23. The Bertz CT molecular complexity index is 617. The molecule has 0 radical (unpaired) electrons. The van der Waals surface area contributed by atoms with Gasteiger partial charge < -0.3 is 10.3 Å². The molecule has 0 unspecified atom stereocenters. The van der Waals surface area contributed by atoms with Crippen molar-refractivity contribution in [1.29, 1.82) is 0 Å². The van der Waals surface area contributed by atoms with Crippen molar-refractivity contribution in [3.63, 3.8) is 0 Å². The van der Waals surface area contributed by atoms with Gasteiger partial charge in [0.05, 0.1) is 5.03 Å².